The van der Waals surface area contributed by atoms with Crippen molar-refractivity contribution in [2.45, 2.75) is 6.54 Å². The minimum atomic E-state index is -0.703. The molecule has 1 aromatic carbocycles. The van der Waals surface area contributed by atoms with Crippen LogP contribution >= 0.6 is 0 Å². The number of aryl methyl sites for hydroxylation is 1. The van der Waals surface area contributed by atoms with Crippen LogP contribution in [0, 0.1) is 11.6 Å². The maximum Gasteiger partial charge on any atom is 0.179 e. The van der Waals surface area contributed by atoms with E-state index in [-0.39, 0.29) is 12.1 Å². The first kappa shape index (κ1) is 14.3. The first-order valence-corrected chi connectivity index (χ1v) is 6.10. The van der Waals surface area contributed by atoms with Crippen molar-refractivity contribution in [2.24, 2.45) is 7.05 Å². The highest BCUT2D eigenvalue weighted by Gasteiger charge is 2.15. The molecule has 2 aromatic rings. The number of rotatable bonds is 5. The summed E-state index contributed by atoms with van der Waals surface area (Å²) >= 11 is 0. The normalized spacial score (nSPS) is 11.1. The fourth-order valence-electron chi connectivity index (χ4n) is 1.96. The van der Waals surface area contributed by atoms with E-state index in [9.17, 15) is 13.6 Å². The van der Waals surface area contributed by atoms with Crippen molar-refractivity contribution < 1.29 is 13.6 Å². The van der Waals surface area contributed by atoms with E-state index in [1.807, 2.05) is 6.20 Å². The fraction of sp³-hybridized carbons (Fsp3) is 0.286. The van der Waals surface area contributed by atoms with Gasteiger partial charge in [0.2, 0.25) is 0 Å². The molecule has 0 aliphatic heterocycles. The SMILES string of the molecule is CN(CC(=O)c1cc(F)ccc1F)Cc1cnn(C)c1. The highest BCUT2D eigenvalue weighted by Crippen LogP contribution is 2.11. The molecule has 4 nitrogen and oxygen atoms in total. The Labute approximate surface area is 115 Å². The van der Waals surface area contributed by atoms with Gasteiger partial charge in [0.05, 0.1) is 18.3 Å². The molecule has 106 valence electrons. The zero-order valence-electron chi connectivity index (χ0n) is 11.3. The Morgan fingerprint density at radius 1 is 1.40 bits per heavy atom. The van der Waals surface area contributed by atoms with Crippen LogP contribution < -0.4 is 0 Å². The molecule has 2 rings (SSSR count). The van der Waals surface area contributed by atoms with Crippen molar-refractivity contribution in [1.29, 1.82) is 0 Å². The summed E-state index contributed by atoms with van der Waals surface area (Å²) in [5, 5.41) is 4.03. The summed E-state index contributed by atoms with van der Waals surface area (Å²) in [7, 11) is 3.54. The van der Waals surface area contributed by atoms with Gasteiger partial charge in [-0.2, -0.15) is 5.10 Å². The Balaban J connectivity index is 2.02. The van der Waals surface area contributed by atoms with Gasteiger partial charge < -0.3 is 0 Å². The Morgan fingerprint density at radius 2 is 2.15 bits per heavy atom. The number of carbonyl (C=O) groups is 1. The second kappa shape index (κ2) is 5.92. The number of likely N-dealkylation sites (N-methyl/N-ethyl adjacent to an activating group) is 1. The number of benzene rings is 1. The van der Waals surface area contributed by atoms with Gasteiger partial charge in [0.15, 0.2) is 5.78 Å². The van der Waals surface area contributed by atoms with Gasteiger partial charge in [0.1, 0.15) is 11.6 Å². The largest absolute Gasteiger partial charge is 0.294 e. The number of nitrogens with zero attached hydrogens (tertiary/aromatic N) is 3. The summed E-state index contributed by atoms with van der Waals surface area (Å²) in [4.78, 5) is 13.7. The molecule has 6 heteroatoms. The van der Waals surface area contributed by atoms with Crippen LogP contribution in [0.5, 0.6) is 0 Å². The van der Waals surface area contributed by atoms with Crippen LogP contribution in [0.4, 0.5) is 8.78 Å². The lowest BCUT2D eigenvalue weighted by Gasteiger charge is -2.14. The maximum absolute atomic E-state index is 13.5. The molecule has 0 spiro atoms. The van der Waals surface area contributed by atoms with Crippen molar-refractivity contribution >= 4 is 5.78 Å². The molecule has 0 atom stereocenters. The molecule has 0 N–H and O–H groups in total. The molecule has 0 amide bonds. The second-order valence-corrected chi connectivity index (χ2v) is 4.74. The Kier molecular flexibility index (Phi) is 4.24. The lowest BCUT2D eigenvalue weighted by atomic mass is 10.1. The molecule has 0 saturated heterocycles. The zero-order valence-corrected chi connectivity index (χ0v) is 11.3. The standard InChI is InChI=1S/C14H15F2N3O/c1-18(7-10-6-17-19(2)8-10)9-14(20)12-5-11(15)3-4-13(12)16/h3-6,8H,7,9H2,1-2H3. The van der Waals surface area contributed by atoms with E-state index in [1.54, 1.807) is 29.9 Å². The Hall–Kier alpha value is -2.08. The number of Topliss-reactive ketones (excluding diaryl/α,β-unsaturated/α-hetero) is 1. The number of halogens is 2. The molecular formula is C14H15F2N3O. The average Bonchev–Trinajstić information content (AvgIpc) is 2.77. The topological polar surface area (TPSA) is 38.1 Å². The molecule has 1 heterocycles. The van der Waals surface area contributed by atoms with E-state index in [4.69, 9.17) is 0 Å². The summed E-state index contributed by atoms with van der Waals surface area (Å²) in [6.45, 7) is 0.520. The molecule has 20 heavy (non-hydrogen) atoms. The smallest absolute Gasteiger partial charge is 0.179 e. The van der Waals surface area contributed by atoms with E-state index in [2.05, 4.69) is 5.10 Å². The minimum absolute atomic E-state index is 0.00919. The first-order valence-electron chi connectivity index (χ1n) is 6.10. The van der Waals surface area contributed by atoms with E-state index < -0.39 is 17.4 Å². The van der Waals surface area contributed by atoms with Crippen LogP contribution in [0.25, 0.3) is 0 Å². The fourth-order valence-corrected chi connectivity index (χ4v) is 1.96. The quantitative estimate of drug-likeness (QED) is 0.786. The molecule has 0 saturated carbocycles. The van der Waals surface area contributed by atoms with Crippen molar-refractivity contribution in [3.05, 3.63) is 53.4 Å². The average molecular weight is 279 g/mol. The van der Waals surface area contributed by atoms with Crippen LogP contribution in [-0.4, -0.2) is 34.1 Å². The van der Waals surface area contributed by atoms with Crippen LogP contribution in [0.3, 0.4) is 0 Å². The second-order valence-electron chi connectivity index (χ2n) is 4.74. The highest BCUT2D eigenvalue weighted by atomic mass is 19.1. The third-order valence-corrected chi connectivity index (χ3v) is 2.85. The molecule has 0 unspecified atom stereocenters. The highest BCUT2D eigenvalue weighted by molar-refractivity contribution is 5.97. The van der Waals surface area contributed by atoms with Crippen molar-refractivity contribution in [2.75, 3.05) is 13.6 Å². The lowest BCUT2D eigenvalue weighted by Crippen LogP contribution is -2.26. The van der Waals surface area contributed by atoms with Gasteiger partial charge in [-0.05, 0) is 25.2 Å². The predicted molar refractivity (Wildman–Crippen MR) is 70.2 cm³/mol. The van der Waals surface area contributed by atoms with Crippen molar-refractivity contribution in [3.63, 3.8) is 0 Å². The number of carbonyl (C=O) groups excluding carboxylic acids is 1. The number of hydrogen-bond donors (Lipinski definition) is 0. The van der Waals surface area contributed by atoms with Crippen LogP contribution in [-0.2, 0) is 13.6 Å². The third-order valence-electron chi connectivity index (χ3n) is 2.85. The van der Waals surface area contributed by atoms with E-state index in [0.717, 1.165) is 23.8 Å². The molecule has 0 radical (unpaired) electrons. The van der Waals surface area contributed by atoms with Crippen molar-refractivity contribution in [1.82, 2.24) is 14.7 Å². The van der Waals surface area contributed by atoms with E-state index in [0.29, 0.717) is 6.54 Å². The number of aromatic nitrogens is 2. The van der Waals surface area contributed by atoms with Gasteiger partial charge in [-0.25, -0.2) is 8.78 Å². The van der Waals surface area contributed by atoms with Crippen LogP contribution in [0.15, 0.2) is 30.6 Å². The van der Waals surface area contributed by atoms with E-state index in [1.165, 1.54) is 0 Å². The summed E-state index contributed by atoms with van der Waals surface area (Å²) in [6, 6.07) is 2.88. The molecule has 0 bridgehead atoms. The molecule has 0 aliphatic carbocycles. The molecular weight excluding hydrogens is 264 g/mol. The predicted octanol–water partition coefficient (Wildman–Crippen LogP) is 2.01. The van der Waals surface area contributed by atoms with Gasteiger partial charge >= 0.3 is 0 Å². The first-order chi connectivity index (χ1) is 9.45. The van der Waals surface area contributed by atoms with Gasteiger partial charge in [0, 0.05) is 25.4 Å². The zero-order chi connectivity index (χ0) is 14.7. The summed E-state index contributed by atoms with van der Waals surface area (Å²) < 4.78 is 28.2. The monoisotopic (exact) mass is 279 g/mol. The van der Waals surface area contributed by atoms with Crippen LogP contribution in [0.1, 0.15) is 15.9 Å². The van der Waals surface area contributed by atoms with Gasteiger partial charge in [0.25, 0.3) is 0 Å². The third kappa shape index (κ3) is 3.48. The lowest BCUT2D eigenvalue weighted by molar-refractivity contribution is 0.0938. The Bertz CT molecular complexity index is 625. The molecule has 0 aliphatic rings. The summed E-state index contributed by atoms with van der Waals surface area (Å²) in [6.07, 6.45) is 3.54. The van der Waals surface area contributed by atoms with E-state index >= 15 is 0 Å². The molecule has 0 fully saturated rings. The van der Waals surface area contributed by atoms with Crippen molar-refractivity contribution in [3.8, 4) is 0 Å². The van der Waals surface area contributed by atoms with Gasteiger partial charge in [-0.15, -0.1) is 0 Å². The van der Waals surface area contributed by atoms with Crippen LogP contribution in [0.2, 0.25) is 0 Å². The minimum Gasteiger partial charge on any atom is -0.294 e. The summed E-state index contributed by atoms with van der Waals surface area (Å²) in [5.41, 5.74) is 0.727. The summed E-state index contributed by atoms with van der Waals surface area (Å²) in [5.74, 6) is -1.77. The van der Waals surface area contributed by atoms with Gasteiger partial charge in [-0.1, -0.05) is 0 Å². The molecule has 1 aromatic heterocycles. The maximum atomic E-state index is 13.5. The number of ketones is 1. The number of hydrogen-bond acceptors (Lipinski definition) is 3. The van der Waals surface area contributed by atoms with Gasteiger partial charge in [-0.3, -0.25) is 14.4 Å². The Morgan fingerprint density at radius 3 is 2.80 bits per heavy atom.